The van der Waals surface area contributed by atoms with Crippen LogP contribution in [0.2, 0.25) is 0 Å². The molecule has 2 atom stereocenters. The van der Waals surface area contributed by atoms with Crippen LogP contribution in [0.4, 0.5) is 0 Å². The number of hydrogen-bond donors (Lipinski definition) is 2. The van der Waals surface area contributed by atoms with Gasteiger partial charge in [-0.05, 0) is 36.8 Å². The van der Waals surface area contributed by atoms with E-state index in [1.807, 2.05) is 0 Å². The van der Waals surface area contributed by atoms with Gasteiger partial charge >= 0.3 is 0 Å². The van der Waals surface area contributed by atoms with Gasteiger partial charge in [-0.3, -0.25) is 0 Å². The van der Waals surface area contributed by atoms with Crippen molar-refractivity contribution in [3.63, 3.8) is 0 Å². The van der Waals surface area contributed by atoms with Gasteiger partial charge in [0.1, 0.15) is 0 Å². The first kappa shape index (κ1) is 8.98. The summed E-state index contributed by atoms with van der Waals surface area (Å²) >= 11 is 0. The molecule has 1 aromatic heterocycles. The number of H-pyrrole nitrogens is 1. The third-order valence-corrected chi connectivity index (χ3v) is 3.53. The lowest BCUT2D eigenvalue weighted by molar-refractivity contribution is 0.677. The van der Waals surface area contributed by atoms with Crippen LogP contribution >= 0.6 is 0 Å². The van der Waals surface area contributed by atoms with Gasteiger partial charge in [0, 0.05) is 23.1 Å². The minimum absolute atomic E-state index is 0.406. The molecule has 1 aromatic carbocycles. The van der Waals surface area contributed by atoms with Gasteiger partial charge in [0.05, 0.1) is 0 Å². The molecule has 3 rings (SSSR count). The molecule has 2 heteroatoms. The van der Waals surface area contributed by atoms with E-state index in [0.29, 0.717) is 12.0 Å². The first-order chi connectivity index (χ1) is 7.34. The Morgan fingerprint density at radius 1 is 1.20 bits per heavy atom. The summed E-state index contributed by atoms with van der Waals surface area (Å²) in [7, 11) is 0. The van der Waals surface area contributed by atoms with Crippen LogP contribution in [0.15, 0.2) is 30.5 Å². The lowest BCUT2D eigenvalue weighted by Crippen LogP contribution is -2.14. The number of aromatic nitrogens is 1. The topological polar surface area (TPSA) is 41.8 Å². The van der Waals surface area contributed by atoms with Crippen LogP contribution in [0, 0.1) is 0 Å². The summed E-state index contributed by atoms with van der Waals surface area (Å²) in [5.74, 6) is 0.663. The van der Waals surface area contributed by atoms with E-state index in [1.165, 1.54) is 29.3 Å². The third-order valence-electron chi connectivity index (χ3n) is 3.53. The zero-order valence-electron chi connectivity index (χ0n) is 8.74. The highest BCUT2D eigenvalue weighted by molar-refractivity contribution is 5.83. The Bertz CT molecular complexity index is 472. The first-order valence-electron chi connectivity index (χ1n) is 5.66. The van der Waals surface area contributed by atoms with Crippen LogP contribution in [-0.2, 0) is 0 Å². The SMILES string of the molecule is N[C@H]1CC[C@H](c2c[nH]c3ccccc23)C1. The van der Waals surface area contributed by atoms with Crippen LogP contribution in [0.5, 0.6) is 0 Å². The molecule has 3 N–H and O–H groups in total. The van der Waals surface area contributed by atoms with Crippen molar-refractivity contribution in [3.8, 4) is 0 Å². The van der Waals surface area contributed by atoms with E-state index < -0.39 is 0 Å². The van der Waals surface area contributed by atoms with Crippen LogP contribution < -0.4 is 5.73 Å². The molecule has 0 spiro atoms. The quantitative estimate of drug-likeness (QED) is 0.730. The molecule has 1 aliphatic rings. The number of aromatic amines is 1. The minimum atomic E-state index is 0.406. The highest BCUT2D eigenvalue weighted by Crippen LogP contribution is 2.36. The Balaban J connectivity index is 2.04. The number of nitrogens with one attached hydrogen (secondary N) is 1. The number of rotatable bonds is 1. The Hall–Kier alpha value is -1.28. The molecule has 2 nitrogen and oxygen atoms in total. The van der Waals surface area contributed by atoms with Crippen molar-refractivity contribution in [2.75, 3.05) is 0 Å². The summed E-state index contributed by atoms with van der Waals surface area (Å²) in [4.78, 5) is 3.34. The highest BCUT2D eigenvalue weighted by Gasteiger charge is 2.24. The maximum Gasteiger partial charge on any atom is 0.0456 e. The molecular weight excluding hydrogens is 184 g/mol. The predicted octanol–water partition coefficient (Wildman–Crippen LogP) is 2.76. The van der Waals surface area contributed by atoms with Crippen LogP contribution in [0.3, 0.4) is 0 Å². The molecular formula is C13H16N2. The smallest absolute Gasteiger partial charge is 0.0456 e. The largest absolute Gasteiger partial charge is 0.361 e. The fraction of sp³-hybridized carbons (Fsp3) is 0.385. The molecule has 78 valence electrons. The number of fused-ring (bicyclic) bond motifs is 1. The van der Waals surface area contributed by atoms with E-state index in [0.717, 1.165) is 6.42 Å². The van der Waals surface area contributed by atoms with Gasteiger partial charge in [-0.15, -0.1) is 0 Å². The van der Waals surface area contributed by atoms with E-state index in [2.05, 4.69) is 35.4 Å². The second kappa shape index (κ2) is 3.38. The second-order valence-corrected chi connectivity index (χ2v) is 4.56. The zero-order chi connectivity index (χ0) is 10.3. The van der Waals surface area contributed by atoms with E-state index in [-0.39, 0.29) is 0 Å². The van der Waals surface area contributed by atoms with Crippen molar-refractivity contribution in [2.24, 2.45) is 5.73 Å². The fourth-order valence-electron chi connectivity index (χ4n) is 2.73. The van der Waals surface area contributed by atoms with E-state index in [1.54, 1.807) is 0 Å². The molecule has 0 saturated heterocycles. The standard InChI is InChI=1S/C13H16N2/c14-10-6-5-9(7-10)12-8-15-13-4-2-1-3-11(12)13/h1-4,8-10,15H,5-7,14H2/t9-,10-/m0/s1. The average Bonchev–Trinajstić information content (AvgIpc) is 2.83. The lowest BCUT2D eigenvalue weighted by atomic mass is 9.97. The Morgan fingerprint density at radius 3 is 2.87 bits per heavy atom. The average molecular weight is 200 g/mol. The van der Waals surface area contributed by atoms with E-state index in [4.69, 9.17) is 5.73 Å². The first-order valence-corrected chi connectivity index (χ1v) is 5.66. The molecule has 0 unspecified atom stereocenters. The van der Waals surface area contributed by atoms with E-state index in [9.17, 15) is 0 Å². The van der Waals surface area contributed by atoms with Gasteiger partial charge in [0.25, 0.3) is 0 Å². The Labute approximate surface area is 89.5 Å². The van der Waals surface area contributed by atoms with Gasteiger partial charge in [-0.1, -0.05) is 18.2 Å². The Morgan fingerprint density at radius 2 is 2.07 bits per heavy atom. The maximum atomic E-state index is 5.97. The Kier molecular flexibility index (Phi) is 2.03. The molecule has 1 saturated carbocycles. The van der Waals surface area contributed by atoms with Crippen molar-refractivity contribution >= 4 is 10.9 Å². The van der Waals surface area contributed by atoms with Gasteiger partial charge in [0.15, 0.2) is 0 Å². The molecule has 1 heterocycles. The van der Waals surface area contributed by atoms with Gasteiger partial charge in [0.2, 0.25) is 0 Å². The van der Waals surface area contributed by atoms with Crippen molar-refractivity contribution in [1.29, 1.82) is 0 Å². The van der Waals surface area contributed by atoms with Crippen LogP contribution in [0.25, 0.3) is 10.9 Å². The van der Waals surface area contributed by atoms with E-state index >= 15 is 0 Å². The molecule has 1 fully saturated rings. The summed E-state index contributed by atoms with van der Waals surface area (Å²) in [6.45, 7) is 0. The second-order valence-electron chi connectivity index (χ2n) is 4.56. The summed E-state index contributed by atoms with van der Waals surface area (Å²) in [6.07, 6.45) is 5.71. The van der Waals surface area contributed by atoms with Crippen LogP contribution in [-0.4, -0.2) is 11.0 Å². The van der Waals surface area contributed by atoms with Gasteiger partial charge in [-0.25, -0.2) is 0 Å². The van der Waals surface area contributed by atoms with Crippen LogP contribution in [0.1, 0.15) is 30.7 Å². The number of nitrogens with two attached hydrogens (primary N) is 1. The maximum absolute atomic E-state index is 5.97. The molecule has 15 heavy (non-hydrogen) atoms. The fourth-order valence-corrected chi connectivity index (χ4v) is 2.73. The summed E-state index contributed by atoms with van der Waals surface area (Å²) in [6, 6.07) is 8.92. The zero-order valence-corrected chi connectivity index (χ0v) is 8.74. The lowest BCUT2D eigenvalue weighted by Gasteiger charge is -2.07. The molecule has 0 radical (unpaired) electrons. The molecule has 0 aliphatic heterocycles. The van der Waals surface area contributed by atoms with Crippen molar-refractivity contribution in [2.45, 2.75) is 31.2 Å². The highest BCUT2D eigenvalue weighted by atomic mass is 14.7. The molecule has 2 aromatic rings. The number of para-hydroxylation sites is 1. The molecule has 1 aliphatic carbocycles. The summed E-state index contributed by atoms with van der Waals surface area (Å²) < 4.78 is 0. The third kappa shape index (κ3) is 1.45. The van der Waals surface area contributed by atoms with Gasteiger partial charge in [-0.2, -0.15) is 0 Å². The normalized spacial score (nSPS) is 26.2. The summed E-state index contributed by atoms with van der Waals surface area (Å²) in [5.41, 5.74) is 8.67. The predicted molar refractivity (Wildman–Crippen MR) is 62.9 cm³/mol. The number of hydrogen-bond acceptors (Lipinski definition) is 1. The van der Waals surface area contributed by atoms with Crippen molar-refractivity contribution in [1.82, 2.24) is 4.98 Å². The monoisotopic (exact) mass is 200 g/mol. The van der Waals surface area contributed by atoms with Crippen molar-refractivity contribution in [3.05, 3.63) is 36.0 Å². The van der Waals surface area contributed by atoms with Gasteiger partial charge < -0.3 is 10.7 Å². The number of benzene rings is 1. The minimum Gasteiger partial charge on any atom is -0.361 e. The van der Waals surface area contributed by atoms with Crippen molar-refractivity contribution < 1.29 is 0 Å². The molecule has 0 bridgehead atoms. The summed E-state index contributed by atoms with van der Waals surface area (Å²) in [5, 5.41) is 1.37. The molecule has 0 amide bonds.